The number of ether oxygens (including phenoxy) is 1. The lowest BCUT2D eigenvalue weighted by atomic mass is 10.1. The number of phenolic OH excluding ortho intramolecular Hbond substituents is 1. The van der Waals surface area contributed by atoms with Crippen LogP contribution in [0, 0.1) is 5.82 Å². The van der Waals surface area contributed by atoms with Crippen LogP contribution in [0.15, 0.2) is 36.4 Å². The number of aromatic nitrogens is 2. The Hall–Kier alpha value is -2.40. The molecule has 3 aromatic rings. The number of rotatable bonds is 2. The summed E-state index contributed by atoms with van der Waals surface area (Å²) in [7, 11) is 1.44. The molecule has 6 heteroatoms. The SMILES string of the molecule is COc1cccc(F)c1-c1nc(Cl)c2cc(O)ccc2n1. The van der Waals surface area contributed by atoms with Crippen molar-refractivity contribution in [2.24, 2.45) is 0 Å². The second-order valence-electron chi connectivity index (χ2n) is 4.36. The topological polar surface area (TPSA) is 55.2 Å². The predicted octanol–water partition coefficient (Wildman–Crippen LogP) is 3.80. The van der Waals surface area contributed by atoms with Gasteiger partial charge in [-0.3, -0.25) is 0 Å². The Morgan fingerprint density at radius 1 is 1.19 bits per heavy atom. The van der Waals surface area contributed by atoms with Crippen molar-refractivity contribution in [1.29, 1.82) is 0 Å². The Balaban J connectivity index is 2.29. The van der Waals surface area contributed by atoms with Crippen molar-refractivity contribution >= 4 is 22.5 Å². The summed E-state index contributed by atoms with van der Waals surface area (Å²) < 4.78 is 19.2. The van der Waals surface area contributed by atoms with Gasteiger partial charge in [0.15, 0.2) is 5.82 Å². The van der Waals surface area contributed by atoms with Crippen LogP contribution in [-0.4, -0.2) is 22.2 Å². The highest BCUT2D eigenvalue weighted by atomic mass is 35.5. The molecule has 106 valence electrons. The lowest BCUT2D eigenvalue weighted by molar-refractivity contribution is 0.413. The van der Waals surface area contributed by atoms with Crippen LogP contribution in [0.5, 0.6) is 11.5 Å². The molecule has 0 aliphatic carbocycles. The maximum atomic E-state index is 14.1. The van der Waals surface area contributed by atoms with E-state index in [1.54, 1.807) is 18.2 Å². The maximum Gasteiger partial charge on any atom is 0.168 e. The van der Waals surface area contributed by atoms with E-state index in [0.29, 0.717) is 16.7 Å². The van der Waals surface area contributed by atoms with E-state index in [-0.39, 0.29) is 22.3 Å². The molecule has 0 saturated heterocycles. The summed E-state index contributed by atoms with van der Waals surface area (Å²) in [6.07, 6.45) is 0. The number of fused-ring (bicyclic) bond motifs is 1. The first-order valence-electron chi connectivity index (χ1n) is 6.09. The van der Waals surface area contributed by atoms with Crippen LogP contribution in [-0.2, 0) is 0 Å². The largest absolute Gasteiger partial charge is 0.508 e. The predicted molar refractivity (Wildman–Crippen MR) is 78.2 cm³/mol. The van der Waals surface area contributed by atoms with E-state index >= 15 is 0 Å². The van der Waals surface area contributed by atoms with E-state index in [4.69, 9.17) is 16.3 Å². The monoisotopic (exact) mass is 304 g/mol. The first kappa shape index (κ1) is 13.6. The molecule has 0 aliphatic rings. The van der Waals surface area contributed by atoms with Gasteiger partial charge in [0.25, 0.3) is 0 Å². The van der Waals surface area contributed by atoms with Crippen LogP contribution < -0.4 is 4.74 Å². The third kappa shape index (κ3) is 2.36. The normalized spacial score (nSPS) is 10.8. The van der Waals surface area contributed by atoms with Gasteiger partial charge in [0.05, 0.1) is 18.2 Å². The summed E-state index contributed by atoms with van der Waals surface area (Å²) in [4.78, 5) is 8.40. The van der Waals surface area contributed by atoms with E-state index in [0.717, 1.165) is 0 Å². The highest BCUT2D eigenvalue weighted by Crippen LogP contribution is 2.33. The average molecular weight is 305 g/mol. The van der Waals surface area contributed by atoms with Crippen LogP contribution in [0.4, 0.5) is 4.39 Å². The van der Waals surface area contributed by atoms with Crippen molar-refractivity contribution in [1.82, 2.24) is 9.97 Å². The number of benzene rings is 2. The number of nitrogens with zero attached hydrogens (tertiary/aromatic N) is 2. The Morgan fingerprint density at radius 2 is 2.00 bits per heavy atom. The van der Waals surface area contributed by atoms with Gasteiger partial charge < -0.3 is 9.84 Å². The molecule has 21 heavy (non-hydrogen) atoms. The molecule has 4 nitrogen and oxygen atoms in total. The quantitative estimate of drug-likeness (QED) is 0.732. The number of aromatic hydroxyl groups is 1. The van der Waals surface area contributed by atoms with E-state index in [1.165, 1.54) is 25.3 Å². The van der Waals surface area contributed by atoms with Gasteiger partial charge in [-0.1, -0.05) is 17.7 Å². The van der Waals surface area contributed by atoms with Crippen molar-refractivity contribution in [2.75, 3.05) is 7.11 Å². The highest BCUT2D eigenvalue weighted by Gasteiger charge is 2.16. The second kappa shape index (κ2) is 5.18. The van der Waals surface area contributed by atoms with E-state index < -0.39 is 5.82 Å². The zero-order valence-electron chi connectivity index (χ0n) is 11.0. The minimum Gasteiger partial charge on any atom is -0.508 e. The number of halogens is 2. The second-order valence-corrected chi connectivity index (χ2v) is 4.71. The van der Waals surface area contributed by atoms with E-state index in [1.807, 2.05) is 0 Å². The molecule has 0 spiro atoms. The lowest BCUT2D eigenvalue weighted by Crippen LogP contribution is -1.97. The summed E-state index contributed by atoms with van der Waals surface area (Å²) in [5.74, 6) is 0.0186. The molecule has 0 amide bonds. The standard InChI is InChI=1S/C15H10ClFN2O2/c1-21-12-4-2-3-10(17)13(12)15-18-11-6-5-8(20)7-9(11)14(16)19-15/h2-7,20H,1H3. The van der Waals surface area contributed by atoms with Crippen LogP contribution in [0.1, 0.15) is 0 Å². The molecule has 0 unspecified atom stereocenters. The third-order valence-electron chi connectivity index (χ3n) is 3.05. The molecule has 0 fully saturated rings. The molecule has 1 aromatic heterocycles. The minimum absolute atomic E-state index is 0.0595. The maximum absolute atomic E-state index is 14.1. The summed E-state index contributed by atoms with van der Waals surface area (Å²) in [6, 6.07) is 8.99. The van der Waals surface area contributed by atoms with Gasteiger partial charge in [-0.15, -0.1) is 0 Å². The Morgan fingerprint density at radius 3 is 2.76 bits per heavy atom. The molecule has 0 saturated carbocycles. The van der Waals surface area contributed by atoms with Crippen LogP contribution in [0.2, 0.25) is 5.15 Å². The number of hydrogen-bond acceptors (Lipinski definition) is 4. The fourth-order valence-corrected chi connectivity index (χ4v) is 2.31. The molecule has 3 rings (SSSR count). The first-order chi connectivity index (χ1) is 10.1. The Kier molecular flexibility index (Phi) is 3.35. The molecule has 0 aliphatic heterocycles. The summed E-state index contributed by atoms with van der Waals surface area (Å²) in [5, 5.41) is 10.1. The molecule has 1 heterocycles. The van der Waals surface area contributed by atoms with Gasteiger partial charge in [-0.25, -0.2) is 14.4 Å². The van der Waals surface area contributed by atoms with Crippen LogP contribution in [0.3, 0.4) is 0 Å². The van der Waals surface area contributed by atoms with Crippen molar-refractivity contribution in [3.05, 3.63) is 47.4 Å². The summed E-state index contributed by atoms with van der Waals surface area (Å²) in [5.41, 5.74) is 0.657. The Bertz CT molecular complexity index is 839. The van der Waals surface area contributed by atoms with Gasteiger partial charge in [-0.05, 0) is 30.3 Å². The zero-order chi connectivity index (χ0) is 15.0. The van der Waals surface area contributed by atoms with Crippen molar-refractivity contribution in [2.45, 2.75) is 0 Å². The highest BCUT2D eigenvalue weighted by molar-refractivity contribution is 6.34. The summed E-state index contributed by atoms with van der Waals surface area (Å²) in [6.45, 7) is 0. The molecule has 0 atom stereocenters. The third-order valence-corrected chi connectivity index (χ3v) is 3.34. The van der Waals surface area contributed by atoms with Gasteiger partial charge in [-0.2, -0.15) is 0 Å². The lowest BCUT2D eigenvalue weighted by Gasteiger charge is -2.10. The number of phenols is 1. The van der Waals surface area contributed by atoms with Gasteiger partial charge in [0.1, 0.15) is 22.5 Å². The molecule has 1 N–H and O–H groups in total. The molecular weight excluding hydrogens is 295 g/mol. The van der Waals surface area contributed by atoms with Gasteiger partial charge >= 0.3 is 0 Å². The van der Waals surface area contributed by atoms with Crippen LogP contribution >= 0.6 is 11.6 Å². The van der Waals surface area contributed by atoms with Crippen molar-refractivity contribution in [3.63, 3.8) is 0 Å². The smallest absolute Gasteiger partial charge is 0.168 e. The van der Waals surface area contributed by atoms with Gasteiger partial charge in [0, 0.05) is 5.39 Å². The summed E-state index contributed by atoms with van der Waals surface area (Å²) >= 11 is 6.11. The van der Waals surface area contributed by atoms with Crippen molar-refractivity contribution in [3.8, 4) is 22.9 Å². The minimum atomic E-state index is -0.497. The zero-order valence-corrected chi connectivity index (χ0v) is 11.7. The number of methoxy groups -OCH3 is 1. The van der Waals surface area contributed by atoms with Crippen molar-refractivity contribution < 1.29 is 14.2 Å². The van der Waals surface area contributed by atoms with E-state index in [2.05, 4.69) is 9.97 Å². The molecule has 0 bridgehead atoms. The first-order valence-corrected chi connectivity index (χ1v) is 6.47. The fourth-order valence-electron chi connectivity index (χ4n) is 2.08. The molecule has 2 aromatic carbocycles. The van der Waals surface area contributed by atoms with Gasteiger partial charge in [0.2, 0.25) is 0 Å². The fraction of sp³-hybridized carbons (Fsp3) is 0.0667. The molecular formula is C15H10ClFN2O2. The number of hydrogen-bond donors (Lipinski definition) is 1. The average Bonchev–Trinajstić information content (AvgIpc) is 2.47. The Labute approximate surface area is 124 Å². The van der Waals surface area contributed by atoms with E-state index in [9.17, 15) is 9.50 Å². The van der Waals surface area contributed by atoms with Crippen LogP contribution in [0.25, 0.3) is 22.3 Å². The molecule has 0 radical (unpaired) electrons.